The van der Waals surface area contributed by atoms with Crippen molar-refractivity contribution in [2.75, 3.05) is 11.6 Å². The molecule has 0 bridgehead atoms. The monoisotopic (exact) mass is 268 g/mol. The van der Waals surface area contributed by atoms with Crippen LogP contribution in [0.5, 0.6) is 0 Å². The number of aromatic amines is 1. The quantitative estimate of drug-likeness (QED) is 0.839. The molecule has 1 aromatic carbocycles. The summed E-state index contributed by atoms with van der Waals surface area (Å²) in [5, 5.41) is 12.9. The number of anilines is 1. The molecular formula is C10H9ClN4OS. The Labute approximate surface area is 107 Å². The second-order valence-corrected chi connectivity index (χ2v) is 4.41. The van der Waals surface area contributed by atoms with Gasteiger partial charge >= 0.3 is 0 Å². The molecule has 0 saturated carbocycles. The Kier molecular flexibility index (Phi) is 3.65. The average molecular weight is 269 g/mol. The highest BCUT2D eigenvalue weighted by Gasteiger charge is 2.09. The van der Waals surface area contributed by atoms with E-state index >= 15 is 0 Å². The smallest absolute Gasteiger partial charge is 0.277 e. The summed E-state index contributed by atoms with van der Waals surface area (Å²) in [5.41, 5.74) is 0.857. The van der Waals surface area contributed by atoms with Gasteiger partial charge < -0.3 is 5.32 Å². The lowest BCUT2D eigenvalue weighted by atomic mass is 10.3. The first-order valence-corrected chi connectivity index (χ1v) is 6.31. The van der Waals surface area contributed by atoms with E-state index in [2.05, 4.69) is 20.7 Å². The summed E-state index contributed by atoms with van der Waals surface area (Å²) >= 11 is 7.58. The summed E-state index contributed by atoms with van der Waals surface area (Å²) in [6.45, 7) is 0. The van der Waals surface area contributed by atoms with E-state index in [1.165, 1.54) is 6.20 Å². The maximum Gasteiger partial charge on any atom is 0.277 e. The number of thioether (sulfide) groups is 1. The molecule has 1 aromatic heterocycles. The van der Waals surface area contributed by atoms with Crippen molar-refractivity contribution in [1.29, 1.82) is 0 Å². The molecule has 2 aromatic rings. The third-order valence-electron chi connectivity index (χ3n) is 2.06. The lowest BCUT2D eigenvalue weighted by Crippen LogP contribution is -2.12. The van der Waals surface area contributed by atoms with Gasteiger partial charge in [0.2, 0.25) is 0 Å². The highest BCUT2D eigenvalue weighted by Crippen LogP contribution is 2.27. The fraction of sp³-hybridized carbons (Fsp3) is 0.100. The van der Waals surface area contributed by atoms with Crippen LogP contribution in [0.25, 0.3) is 0 Å². The standard InChI is InChI=1S/C10H9ClN4OS/c1-17-9-3-2-6(4-7(9)11)13-10(16)8-5-12-15-14-8/h2-5H,1H3,(H,13,16)(H,12,14,15). The number of nitrogens with one attached hydrogen (secondary N) is 2. The normalized spacial score (nSPS) is 10.2. The summed E-state index contributed by atoms with van der Waals surface area (Å²) in [6, 6.07) is 5.34. The van der Waals surface area contributed by atoms with E-state index in [1.807, 2.05) is 12.3 Å². The van der Waals surface area contributed by atoms with E-state index in [9.17, 15) is 4.79 Å². The van der Waals surface area contributed by atoms with Gasteiger partial charge in [-0.25, -0.2) is 0 Å². The number of halogens is 1. The zero-order chi connectivity index (χ0) is 12.3. The first kappa shape index (κ1) is 11.9. The van der Waals surface area contributed by atoms with E-state index in [0.29, 0.717) is 10.7 Å². The van der Waals surface area contributed by atoms with Gasteiger partial charge in [-0.1, -0.05) is 11.6 Å². The van der Waals surface area contributed by atoms with Gasteiger partial charge in [-0.15, -0.1) is 11.8 Å². The van der Waals surface area contributed by atoms with Crippen molar-refractivity contribution in [2.24, 2.45) is 0 Å². The number of benzene rings is 1. The number of carbonyl (C=O) groups is 1. The van der Waals surface area contributed by atoms with Gasteiger partial charge in [0.1, 0.15) is 0 Å². The van der Waals surface area contributed by atoms with Crippen molar-refractivity contribution in [3.05, 3.63) is 35.1 Å². The maximum absolute atomic E-state index is 11.7. The highest BCUT2D eigenvalue weighted by atomic mass is 35.5. The van der Waals surface area contributed by atoms with E-state index < -0.39 is 0 Å². The van der Waals surface area contributed by atoms with Crippen molar-refractivity contribution in [3.63, 3.8) is 0 Å². The molecule has 1 heterocycles. The Hall–Kier alpha value is -1.53. The first-order valence-electron chi connectivity index (χ1n) is 4.71. The van der Waals surface area contributed by atoms with Crippen LogP contribution in [0.15, 0.2) is 29.3 Å². The Morgan fingerprint density at radius 3 is 2.94 bits per heavy atom. The number of aromatic nitrogens is 3. The van der Waals surface area contributed by atoms with Crippen LogP contribution >= 0.6 is 23.4 Å². The minimum atomic E-state index is -0.327. The predicted octanol–water partition coefficient (Wildman–Crippen LogP) is 2.43. The molecule has 0 spiro atoms. The molecule has 88 valence electrons. The minimum Gasteiger partial charge on any atom is -0.320 e. The van der Waals surface area contributed by atoms with Gasteiger partial charge in [-0.2, -0.15) is 15.4 Å². The van der Waals surface area contributed by atoms with Crippen LogP contribution < -0.4 is 5.32 Å². The molecule has 0 aliphatic heterocycles. The Bertz CT molecular complexity index is 529. The molecule has 0 saturated heterocycles. The average Bonchev–Trinajstić information content (AvgIpc) is 2.82. The molecule has 5 nitrogen and oxygen atoms in total. The molecule has 0 unspecified atom stereocenters. The van der Waals surface area contributed by atoms with Gasteiger partial charge in [-0.05, 0) is 24.5 Å². The van der Waals surface area contributed by atoms with Crippen LogP contribution in [-0.2, 0) is 0 Å². The fourth-order valence-corrected chi connectivity index (χ4v) is 2.12. The van der Waals surface area contributed by atoms with Gasteiger partial charge in [0, 0.05) is 10.6 Å². The number of amides is 1. The van der Waals surface area contributed by atoms with Gasteiger partial charge in [0.25, 0.3) is 5.91 Å². The molecule has 0 radical (unpaired) electrons. The van der Waals surface area contributed by atoms with Crippen molar-refractivity contribution in [2.45, 2.75) is 4.90 Å². The largest absolute Gasteiger partial charge is 0.320 e. The van der Waals surface area contributed by atoms with E-state index in [0.717, 1.165) is 4.90 Å². The van der Waals surface area contributed by atoms with Crippen LogP contribution in [-0.4, -0.2) is 27.6 Å². The molecule has 0 atom stereocenters. The molecule has 1 amide bonds. The van der Waals surface area contributed by atoms with Crippen LogP contribution in [0.2, 0.25) is 5.02 Å². The second-order valence-electron chi connectivity index (χ2n) is 3.16. The Morgan fingerprint density at radius 2 is 2.35 bits per heavy atom. The number of carbonyl (C=O) groups excluding carboxylic acids is 1. The topological polar surface area (TPSA) is 70.7 Å². The number of nitrogens with zero attached hydrogens (tertiary/aromatic N) is 2. The molecule has 0 aliphatic carbocycles. The summed E-state index contributed by atoms with van der Waals surface area (Å²) in [4.78, 5) is 12.6. The van der Waals surface area contributed by atoms with Crippen LogP contribution in [0.1, 0.15) is 10.5 Å². The second kappa shape index (κ2) is 5.20. The SMILES string of the molecule is CSc1ccc(NC(=O)c2cn[nH]n2)cc1Cl. The van der Waals surface area contributed by atoms with Gasteiger partial charge in [0.05, 0.1) is 11.2 Å². The molecular weight excluding hydrogens is 260 g/mol. The van der Waals surface area contributed by atoms with Gasteiger partial charge in [-0.3, -0.25) is 4.79 Å². The zero-order valence-corrected chi connectivity index (χ0v) is 10.5. The molecule has 7 heteroatoms. The van der Waals surface area contributed by atoms with Crippen molar-refractivity contribution in [1.82, 2.24) is 15.4 Å². The maximum atomic E-state index is 11.7. The Morgan fingerprint density at radius 1 is 1.53 bits per heavy atom. The number of rotatable bonds is 3. The minimum absolute atomic E-state index is 0.232. The fourth-order valence-electron chi connectivity index (χ4n) is 1.25. The van der Waals surface area contributed by atoms with Crippen LogP contribution in [0, 0.1) is 0 Å². The third-order valence-corrected chi connectivity index (χ3v) is 3.28. The summed E-state index contributed by atoms with van der Waals surface area (Å²) in [5.74, 6) is -0.327. The number of H-pyrrole nitrogens is 1. The van der Waals surface area contributed by atoms with E-state index in [-0.39, 0.29) is 11.6 Å². The van der Waals surface area contributed by atoms with E-state index in [4.69, 9.17) is 11.6 Å². The predicted molar refractivity (Wildman–Crippen MR) is 67.6 cm³/mol. The highest BCUT2D eigenvalue weighted by molar-refractivity contribution is 7.98. The summed E-state index contributed by atoms with van der Waals surface area (Å²) in [6.07, 6.45) is 3.29. The molecule has 17 heavy (non-hydrogen) atoms. The first-order chi connectivity index (χ1) is 8.20. The zero-order valence-electron chi connectivity index (χ0n) is 8.90. The molecule has 2 N–H and O–H groups in total. The molecule has 0 aliphatic rings. The van der Waals surface area contributed by atoms with Gasteiger partial charge in [0.15, 0.2) is 5.69 Å². The van der Waals surface area contributed by atoms with E-state index in [1.54, 1.807) is 23.9 Å². The third kappa shape index (κ3) is 2.78. The van der Waals surface area contributed by atoms with Crippen molar-refractivity contribution < 1.29 is 4.79 Å². The number of hydrogen-bond acceptors (Lipinski definition) is 4. The number of hydrogen-bond donors (Lipinski definition) is 2. The summed E-state index contributed by atoms with van der Waals surface area (Å²) in [7, 11) is 0. The van der Waals surface area contributed by atoms with Crippen LogP contribution in [0.3, 0.4) is 0 Å². The Balaban J connectivity index is 2.14. The lowest BCUT2D eigenvalue weighted by Gasteiger charge is -2.05. The molecule has 2 rings (SSSR count). The van der Waals surface area contributed by atoms with Crippen molar-refractivity contribution >= 4 is 35.0 Å². The van der Waals surface area contributed by atoms with Crippen LogP contribution in [0.4, 0.5) is 5.69 Å². The van der Waals surface area contributed by atoms with Crippen molar-refractivity contribution in [3.8, 4) is 0 Å². The summed E-state index contributed by atoms with van der Waals surface area (Å²) < 4.78 is 0. The lowest BCUT2D eigenvalue weighted by molar-refractivity contribution is 0.102. The molecule has 0 fully saturated rings.